The van der Waals surface area contributed by atoms with E-state index >= 15 is 0 Å². The van der Waals surface area contributed by atoms with Gasteiger partial charge in [0, 0.05) is 12.6 Å². The number of rotatable bonds is 2. The van der Waals surface area contributed by atoms with Crippen molar-refractivity contribution in [3.63, 3.8) is 0 Å². The van der Waals surface area contributed by atoms with Crippen LogP contribution in [0.2, 0.25) is 0 Å². The number of nitrogens with zero attached hydrogens (tertiary/aromatic N) is 3. The molecule has 0 radical (unpaired) electrons. The molecule has 84 valence electrons. The minimum Gasteiger partial charge on any atom is -0.299 e. The second-order valence-corrected chi connectivity index (χ2v) is 4.41. The maximum absolute atomic E-state index is 12.8. The molecular weight excluding hydrogens is 233 g/mol. The van der Waals surface area contributed by atoms with Crippen molar-refractivity contribution in [2.75, 3.05) is 0 Å². The van der Waals surface area contributed by atoms with Gasteiger partial charge in [0.05, 0.1) is 0 Å². The van der Waals surface area contributed by atoms with E-state index in [1.165, 1.54) is 7.05 Å². The van der Waals surface area contributed by atoms with Crippen LogP contribution in [0.5, 0.6) is 0 Å². The first-order valence-corrected chi connectivity index (χ1v) is 5.78. The van der Waals surface area contributed by atoms with Gasteiger partial charge in [-0.2, -0.15) is 8.42 Å². The number of hydrogen-bond donors (Lipinski definition) is 0. The zero-order valence-electron chi connectivity index (χ0n) is 8.33. The first kappa shape index (κ1) is 10.7. The molecular formula is C9H8FN3O2S. The minimum atomic E-state index is -4.83. The number of hydrogen-bond acceptors (Lipinski definition) is 4. The molecule has 0 unspecified atom stereocenters. The molecule has 0 saturated heterocycles. The van der Waals surface area contributed by atoms with E-state index in [0.717, 1.165) is 4.57 Å². The van der Waals surface area contributed by atoms with E-state index in [9.17, 15) is 12.3 Å². The maximum Gasteiger partial charge on any atom is 0.368 e. The molecule has 0 aliphatic carbocycles. The summed E-state index contributed by atoms with van der Waals surface area (Å²) in [6.07, 6.45) is 0. The highest BCUT2D eigenvalue weighted by atomic mass is 32.3. The Morgan fingerprint density at radius 2 is 1.81 bits per heavy atom. The summed E-state index contributed by atoms with van der Waals surface area (Å²) in [7, 11) is -3.43. The molecule has 0 amide bonds. The van der Waals surface area contributed by atoms with Crippen LogP contribution in [0.4, 0.5) is 3.89 Å². The highest BCUT2D eigenvalue weighted by molar-refractivity contribution is 7.86. The number of aromatic nitrogens is 3. The number of benzene rings is 1. The van der Waals surface area contributed by atoms with E-state index in [1.54, 1.807) is 24.3 Å². The fourth-order valence-corrected chi connectivity index (χ4v) is 1.92. The molecule has 0 bridgehead atoms. The second-order valence-electron chi connectivity index (χ2n) is 3.17. The van der Waals surface area contributed by atoms with Crippen molar-refractivity contribution in [1.82, 2.24) is 14.8 Å². The second kappa shape index (κ2) is 3.67. The summed E-state index contributed by atoms with van der Waals surface area (Å²) in [5, 5.41) is 6.27. The lowest BCUT2D eigenvalue weighted by Gasteiger charge is -2.00. The average molecular weight is 241 g/mol. The van der Waals surface area contributed by atoms with Crippen LogP contribution in [0, 0.1) is 0 Å². The van der Waals surface area contributed by atoms with Crippen molar-refractivity contribution in [3.8, 4) is 11.4 Å². The highest BCUT2D eigenvalue weighted by Gasteiger charge is 2.22. The summed E-state index contributed by atoms with van der Waals surface area (Å²) >= 11 is 0. The van der Waals surface area contributed by atoms with Crippen LogP contribution in [0.15, 0.2) is 35.5 Å². The van der Waals surface area contributed by atoms with Gasteiger partial charge in [0.25, 0.3) is 5.16 Å². The highest BCUT2D eigenvalue weighted by Crippen LogP contribution is 2.19. The third-order valence-electron chi connectivity index (χ3n) is 2.08. The fourth-order valence-electron chi connectivity index (χ4n) is 1.37. The lowest BCUT2D eigenvalue weighted by Crippen LogP contribution is -2.03. The molecule has 2 rings (SSSR count). The molecule has 2 aromatic rings. The van der Waals surface area contributed by atoms with Gasteiger partial charge in [-0.3, -0.25) is 4.57 Å². The van der Waals surface area contributed by atoms with Gasteiger partial charge in [0.15, 0.2) is 5.82 Å². The Morgan fingerprint density at radius 1 is 1.19 bits per heavy atom. The van der Waals surface area contributed by atoms with Gasteiger partial charge >= 0.3 is 10.2 Å². The summed E-state index contributed by atoms with van der Waals surface area (Å²) in [6.45, 7) is 0. The van der Waals surface area contributed by atoms with Crippen LogP contribution in [0.3, 0.4) is 0 Å². The van der Waals surface area contributed by atoms with E-state index in [2.05, 4.69) is 10.2 Å². The van der Waals surface area contributed by atoms with Gasteiger partial charge in [-0.15, -0.1) is 10.2 Å². The topological polar surface area (TPSA) is 64.8 Å². The summed E-state index contributed by atoms with van der Waals surface area (Å²) in [6, 6.07) is 8.82. The molecule has 1 aromatic carbocycles. The normalized spacial score (nSPS) is 11.6. The van der Waals surface area contributed by atoms with Crippen LogP contribution in [-0.4, -0.2) is 23.2 Å². The summed E-state index contributed by atoms with van der Waals surface area (Å²) in [4.78, 5) is 0. The Bertz CT molecular complexity index is 607. The van der Waals surface area contributed by atoms with E-state index < -0.39 is 15.4 Å². The maximum atomic E-state index is 12.8. The van der Waals surface area contributed by atoms with Crippen molar-refractivity contribution < 1.29 is 12.3 Å². The standard InChI is InChI=1S/C9H8FN3O2S/c1-13-8(7-5-3-2-4-6-7)11-12-9(13)16(10,14)15/h2-6H,1H3. The SMILES string of the molecule is Cn1c(-c2ccccc2)nnc1S(=O)(=O)F. The Morgan fingerprint density at radius 3 is 2.31 bits per heavy atom. The Kier molecular flexibility index (Phi) is 2.47. The molecule has 0 spiro atoms. The fraction of sp³-hybridized carbons (Fsp3) is 0.111. The Labute approximate surface area is 91.8 Å². The largest absolute Gasteiger partial charge is 0.368 e. The number of halogens is 1. The van der Waals surface area contributed by atoms with Crippen molar-refractivity contribution in [3.05, 3.63) is 30.3 Å². The first-order valence-electron chi connectivity index (χ1n) is 4.39. The molecule has 0 fully saturated rings. The van der Waals surface area contributed by atoms with Gasteiger partial charge in [-0.1, -0.05) is 34.2 Å². The van der Waals surface area contributed by atoms with Crippen LogP contribution in [-0.2, 0) is 17.3 Å². The van der Waals surface area contributed by atoms with E-state index in [1.807, 2.05) is 6.07 Å². The molecule has 0 atom stereocenters. The van der Waals surface area contributed by atoms with Crippen LogP contribution in [0.25, 0.3) is 11.4 Å². The Hall–Kier alpha value is -1.76. The third kappa shape index (κ3) is 1.81. The molecule has 1 aromatic heterocycles. The van der Waals surface area contributed by atoms with E-state index in [0.29, 0.717) is 11.4 Å². The third-order valence-corrected chi connectivity index (χ3v) is 2.88. The van der Waals surface area contributed by atoms with E-state index in [-0.39, 0.29) is 0 Å². The summed E-state index contributed by atoms with van der Waals surface area (Å²) in [5.41, 5.74) is 0.674. The van der Waals surface area contributed by atoms with Crippen molar-refractivity contribution in [2.45, 2.75) is 5.16 Å². The molecule has 1 heterocycles. The quantitative estimate of drug-likeness (QED) is 0.739. The molecule has 0 aliphatic heterocycles. The van der Waals surface area contributed by atoms with Gasteiger partial charge < -0.3 is 0 Å². The zero-order valence-corrected chi connectivity index (χ0v) is 9.15. The molecule has 5 nitrogen and oxygen atoms in total. The molecule has 7 heteroatoms. The lowest BCUT2D eigenvalue weighted by molar-refractivity contribution is 0.534. The summed E-state index contributed by atoms with van der Waals surface area (Å²) < 4.78 is 35.3. The molecule has 0 aliphatic rings. The van der Waals surface area contributed by atoms with Crippen LogP contribution < -0.4 is 0 Å². The van der Waals surface area contributed by atoms with Crippen molar-refractivity contribution in [2.24, 2.45) is 7.05 Å². The Balaban J connectivity index is 2.59. The average Bonchev–Trinajstić information content (AvgIpc) is 2.61. The minimum absolute atomic E-state index is 0.303. The molecule has 16 heavy (non-hydrogen) atoms. The van der Waals surface area contributed by atoms with Crippen LogP contribution >= 0.6 is 0 Å². The van der Waals surface area contributed by atoms with Crippen molar-refractivity contribution >= 4 is 10.2 Å². The predicted octanol–water partition coefficient (Wildman–Crippen LogP) is 1.14. The molecule has 0 saturated carbocycles. The zero-order chi connectivity index (χ0) is 11.8. The summed E-state index contributed by atoms with van der Waals surface area (Å²) in [5.74, 6) is 0.303. The predicted molar refractivity (Wildman–Crippen MR) is 54.7 cm³/mol. The molecule has 0 N–H and O–H groups in total. The smallest absolute Gasteiger partial charge is 0.299 e. The van der Waals surface area contributed by atoms with Gasteiger partial charge in [-0.25, -0.2) is 0 Å². The monoisotopic (exact) mass is 241 g/mol. The van der Waals surface area contributed by atoms with E-state index in [4.69, 9.17) is 0 Å². The van der Waals surface area contributed by atoms with Crippen LogP contribution in [0.1, 0.15) is 0 Å². The van der Waals surface area contributed by atoms with Gasteiger partial charge in [0.2, 0.25) is 0 Å². The van der Waals surface area contributed by atoms with Crippen molar-refractivity contribution in [1.29, 1.82) is 0 Å². The lowest BCUT2D eigenvalue weighted by atomic mass is 10.2. The van der Waals surface area contributed by atoms with Gasteiger partial charge in [0.1, 0.15) is 0 Å². The first-order chi connectivity index (χ1) is 7.50. The van der Waals surface area contributed by atoms with Gasteiger partial charge in [-0.05, 0) is 0 Å².